The van der Waals surface area contributed by atoms with Gasteiger partial charge in [0.15, 0.2) is 5.78 Å². The van der Waals surface area contributed by atoms with E-state index in [-0.39, 0.29) is 41.0 Å². The van der Waals surface area contributed by atoms with Crippen LogP contribution in [0.15, 0.2) is 53.7 Å². The van der Waals surface area contributed by atoms with Crippen molar-refractivity contribution in [2.24, 2.45) is 0 Å². The maximum absolute atomic E-state index is 14.2. The van der Waals surface area contributed by atoms with Gasteiger partial charge in [0.1, 0.15) is 16.5 Å². The molecule has 0 radical (unpaired) electrons. The van der Waals surface area contributed by atoms with Crippen molar-refractivity contribution in [2.45, 2.75) is 87.2 Å². The van der Waals surface area contributed by atoms with Gasteiger partial charge < -0.3 is 10.2 Å². The van der Waals surface area contributed by atoms with Gasteiger partial charge >= 0.3 is 0 Å². The summed E-state index contributed by atoms with van der Waals surface area (Å²) in [5.74, 6) is -0.906. The summed E-state index contributed by atoms with van der Waals surface area (Å²) in [6.07, 6.45) is 6.62. The van der Waals surface area contributed by atoms with Gasteiger partial charge in [-0.1, -0.05) is 52.2 Å². The van der Waals surface area contributed by atoms with Crippen LogP contribution in [-0.4, -0.2) is 70.9 Å². The Hall–Kier alpha value is -3.11. The number of nitrogens with zero attached hydrogens (tertiary/aromatic N) is 3. The molecule has 2 unspecified atom stereocenters. The predicted octanol–water partition coefficient (Wildman–Crippen LogP) is 3.05. The molecule has 10 heteroatoms. The van der Waals surface area contributed by atoms with E-state index < -0.39 is 27.6 Å². The van der Waals surface area contributed by atoms with Crippen LogP contribution in [0.3, 0.4) is 0 Å². The minimum absolute atomic E-state index is 0.0247. The number of rotatable bonds is 5. The summed E-state index contributed by atoms with van der Waals surface area (Å²) in [7, 11) is -3.94. The number of pyridine rings is 1. The average molecular weight is 553 g/mol. The minimum atomic E-state index is -3.94. The fourth-order valence-corrected chi connectivity index (χ4v) is 7.78. The number of fused-ring (bicyclic) bond motifs is 1. The smallest absolute Gasteiger partial charge is 0.252 e. The molecule has 5 rings (SSSR count). The molecule has 39 heavy (non-hydrogen) atoms. The molecule has 2 saturated heterocycles. The van der Waals surface area contributed by atoms with Gasteiger partial charge in [-0.15, -0.1) is 0 Å². The lowest BCUT2D eigenvalue weighted by Gasteiger charge is -2.40. The summed E-state index contributed by atoms with van der Waals surface area (Å²) < 4.78 is 27.9. The Morgan fingerprint density at radius 1 is 1.05 bits per heavy atom. The topological polar surface area (TPSA) is 117 Å². The highest BCUT2D eigenvalue weighted by molar-refractivity contribution is 7.89. The van der Waals surface area contributed by atoms with E-state index in [1.54, 1.807) is 18.2 Å². The third kappa shape index (κ3) is 5.00. The zero-order valence-corrected chi connectivity index (χ0v) is 23.5. The number of hydrogen-bond donors (Lipinski definition) is 1. The number of carbonyl (C=O) groups excluding carboxylic acids is 3. The first kappa shape index (κ1) is 27.5. The van der Waals surface area contributed by atoms with Crippen molar-refractivity contribution in [2.75, 3.05) is 13.1 Å². The SMILES string of the molecule is CC(C)(C)c1ccc(C(=O)NC2(C(=O)N3CCC4C3C(=O)CN4S(=O)(=O)c3cccnc3)CCCCC2)cc1. The Morgan fingerprint density at radius 2 is 1.74 bits per heavy atom. The van der Waals surface area contributed by atoms with Crippen LogP contribution in [0.1, 0.15) is 75.2 Å². The second kappa shape index (κ2) is 10.1. The van der Waals surface area contributed by atoms with Crippen LogP contribution in [0.4, 0.5) is 0 Å². The molecule has 0 bridgehead atoms. The average Bonchev–Trinajstić information content (AvgIpc) is 3.50. The fourth-order valence-electron chi connectivity index (χ4n) is 6.19. The molecule has 2 atom stereocenters. The fraction of sp³-hybridized carbons (Fsp3) is 0.517. The van der Waals surface area contributed by atoms with Crippen LogP contribution in [0.5, 0.6) is 0 Å². The number of Topliss-reactive ketones (excluding diaryl/α,β-unsaturated/α-hetero) is 1. The highest BCUT2D eigenvalue weighted by Gasteiger charge is 2.56. The molecular weight excluding hydrogens is 516 g/mol. The van der Waals surface area contributed by atoms with E-state index in [4.69, 9.17) is 0 Å². The molecule has 2 aliphatic heterocycles. The van der Waals surface area contributed by atoms with Crippen LogP contribution in [0.25, 0.3) is 0 Å². The van der Waals surface area contributed by atoms with E-state index >= 15 is 0 Å². The van der Waals surface area contributed by atoms with Crippen molar-refractivity contribution in [3.05, 3.63) is 59.9 Å². The summed E-state index contributed by atoms with van der Waals surface area (Å²) in [6, 6.07) is 8.94. The summed E-state index contributed by atoms with van der Waals surface area (Å²) in [4.78, 5) is 46.2. The van der Waals surface area contributed by atoms with Gasteiger partial charge in [-0.05, 0) is 54.5 Å². The van der Waals surface area contributed by atoms with Crippen molar-refractivity contribution in [1.82, 2.24) is 19.5 Å². The van der Waals surface area contributed by atoms with Gasteiger partial charge in [0, 0.05) is 24.5 Å². The van der Waals surface area contributed by atoms with E-state index in [0.29, 0.717) is 24.8 Å². The summed E-state index contributed by atoms with van der Waals surface area (Å²) in [5.41, 5.74) is 0.415. The van der Waals surface area contributed by atoms with Gasteiger partial charge in [0.25, 0.3) is 5.91 Å². The Kier molecular flexibility index (Phi) is 7.13. The number of likely N-dealkylation sites (tertiary alicyclic amines) is 1. The maximum Gasteiger partial charge on any atom is 0.252 e. The molecule has 1 aromatic carbocycles. The van der Waals surface area contributed by atoms with Gasteiger partial charge in [0.2, 0.25) is 15.9 Å². The number of ketones is 1. The lowest BCUT2D eigenvalue weighted by molar-refractivity contribution is -0.143. The van der Waals surface area contributed by atoms with E-state index in [9.17, 15) is 22.8 Å². The zero-order valence-electron chi connectivity index (χ0n) is 22.7. The Bertz CT molecular complexity index is 1360. The molecular formula is C29H36N4O5S. The number of hydrogen-bond acceptors (Lipinski definition) is 6. The lowest BCUT2D eigenvalue weighted by Crippen LogP contribution is -2.62. The summed E-state index contributed by atoms with van der Waals surface area (Å²) >= 11 is 0. The van der Waals surface area contributed by atoms with E-state index in [2.05, 4.69) is 31.1 Å². The third-order valence-electron chi connectivity index (χ3n) is 8.36. The van der Waals surface area contributed by atoms with Crippen LogP contribution in [0.2, 0.25) is 0 Å². The number of benzene rings is 1. The first-order valence-corrected chi connectivity index (χ1v) is 15.1. The highest BCUT2D eigenvalue weighted by Crippen LogP contribution is 2.38. The van der Waals surface area contributed by atoms with Crippen molar-refractivity contribution < 1.29 is 22.8 Å². The maximum atomic E-state index is 14.2. The van der Waals surface area contributed by atoms with Crippen LogP contribution in [0, 0.1) is 0 Å². The third-order valence-corrected chi connectivity index (χ3v) is 10.2. The van der Waals surface area contributed by atoms with Crippen LogP contribution < -0.4 is 5.32 Å². The largest absolute Gasteiger partial charge is 0.338 e. The van der Waals surface area contributed by atoms with Crippen molar-refractivity contribution in [1.29, 1.82) is 0 Å². The second-order valence-electron chi connectivity index (χ2n) is 11.9. The Labute approximate surface area is 230 Å². The molecule has 1 aromatic heterocycles. The van der Waals surface area contributed by atoms with Crippen LogP contribution in [-0.2, 0) is 25.0 Å². The van der Waals surface area contributed by atoms with Crippen molar-refractivity contribution >= 4 is 27.6 Å². The molecule has 0 spiro atoms. The first-order chi connectivity index (χ1) is 18.4. The van der Waals surface area contributed by atoms with E-state index in [0.717, 1.165) is 24.8 Å². The molecule has 2 aromatic rings. The molecule has 1 N–H and O–H groups in total. The number of nitrogens with one attached hydrogen (secondary N) is 1. The van der Waals surface area contributed by atoms with Gasteiger partial charge in [-0.3, -0.25) is 19.4 Å². The molecule has 3 fully saturated rings. The van der Waals surface area contributed by atoms with Gasteiger partial charge in [-0.25, -0.2) is 8.42 Å². The summed E-state index contributed by atoms with van der Waals surface area (Å²) in [5, 5.41) is 3.06. The normalized spacial score (nSPS) is 23.5. The van der Waals surface area contributed by atoms with Gasteiger partial charge in [0.05, 0.1) is 12.6 Å². The zero-order chi connectivity index (χ0) is 28.0. The number of carbonyl (C=O) groups is 3. The highest BCUT2D eigenvalue weighted by atomic mass is 32.2. The number of amides is 2. The van der Waals surface area contributed by atoms with E-state index in [1.807, 2.05) is 12.1 Å². The molecule has 2 amide bonds. The number of aromatic nitrogens is 1. The molecule has 208 valence electrons. The molecule has 3 aliphatic rings. The second-order valence-corrected chi connectivity index (χ2v) is 13.8. The summed E-state index contributed by atoms with van der Waals surface area (Å²) in [6.45, 7) is 6.30. The van der Waals surface area contributed by atoms with Crippen molar-refractivity contribution in [3.8, 4) is 0 Å². The van der Waals surface area contributed by atoms with Crippen LogP contribution >= 0.6 is 0 Å². The molecule has 1 aliphatic carbocycles. The number of sulfonamides is 1. The monoisotopic (exact) mass is 552 g/mol. The molecule has 9 nitrogen and oxygen atoms in total. The molecule has 3 heterocycles. The lowest BCUT2D eigenvalue weighted by atomic mass is 9.80. The predicted molar refractivity (Wildman–Crippen MR) is 145 cm³/mol. The Balaban J connectivity index is 1.38. The minimum Gasteiger partial charge on any atom is -0.338 e. The Morgan fingerprint density at radius 3 is 2.36 bits per heavy atom. The van der Waals surface area contributed by atoms with Gasteiger partial charge in [-0.2, -0.15) is 4.31 Å². The standard InChI is InChI=1S/C29H36N4O5S/c1-28(2,3)21-11-9-20(10-12-21)26(35)31-29(14-5-4-6-15-29)27(36)32-17-13-23-25(32)24(34)19-33(23)39(37,38)22-8-7-16-30-18-22/h7-12,16,18,23,25H,4-6,13-15,17,19H2,1-3H3,(H,31,35). The van der Waals surface area contributed by atoms with E-state index in [1.165, 1.54) is 27.7 Å². The quantitative estimate of drug-likeness (QED) is 0.610. The molecule has 1 saturated carbocycles. The van der Waals surface area contributed by atoms with Crippen molar-refractivity contribution in [3.63, 3.8) is 0 Å². The first-order valence-electron chi connectivity index (χ1n) is 13.6.